The Hall–Kier alpha value is -1.03. The van der Waals surface area contributed by atoms with E-state index in [1.54, 1.807) is 11.3 Å². The molecule has 0 saturated carbocycles. The van der Waals surface area contributed by atoms with Crippen LogP contribution in [0, 0.1) is 0 Å². The van der Waals surface area contributed by atoms with Crippen LogP contribution in [0.1, 0.15) is 45.4 Å². The number of alkyl carbamates (subject to hydrolysis) is 1. The molecule has 4 heteroatoms. The molecule has 0 aliphatic carbocycles. The van der Waals surface area contributed by atoms with Crippen LogP contribution in [0.2, 0.25) is 0 Å². The molecule has 0 aromatic carbocycles. The quantitative estimate of drug-likeness (QED) is 0.878. The summed E-state index contributed by atoms with van der Waals surface area (Å²) in [5.74, 6) is 0. The Bertz CT molecular complexity index is 354. The monoisotopic (exact) mass is 269 g/mol. The maximum Gasteiger partial charge on any atom is 0.407 e. The van der Waals surface area contributed by atoms with Crippen molar-refractivity contribution in [1.82, 2.24) is 5.32 Å². The Balaban J connectivity index is 2.17. The van der Waals surface area contributed by atoms with Crippen molar-refractivity contribution >= 4 is 17.4 Å². The topological polar surface area (TPSA) is 38.3 Å². The lowest BCUT2D eigenvalue weighted by Gasteiger charge is -2.21. The molecule has 0 spiro atoms. The van der Waals surface area contributed by atoms with E-state index in [0.717, 1.165) is 19.3 Å². The second-order valence-corrected chi connectivity index (χ2v) is 6.55. The van der Waals surface area contributed by atoms with Crippen molar-refractivity contribution in [3.8, 4) is 0 Å². The average Bonchev–Trinajstić information content (AvgIpc) is 2.66. The second-order valence-electron chi connectivity index (χ2n) is 5.52. The molecule has 1 aromatic heterocycles. The lowest BCUT2D eigenvalue weighted by molar-refractivity contribution is 0.0506. The van der Waals surface area contributed by atoms with Crippen LogP contribution in [0.3, 0.4) is 0 Å². The molecule has 3 nitrogen and oxygen atoms in total. The highest BCUT2D eigenvalue weighted by Gasteiger charge is 2.17. The fourth-order valence-corrected chi connectivity index (χ4v) is 2.37. The minimum atomic E-state index is -0.430. The molecular weight excluding hydrogens is 246 g/mol. The Kier molecular flexibility index (Phi) is 5.66. The molecule has 1 heterocycles. The van der Waals surface area contributed by atoms with Crippen LogP contribution in [-0.2, 0) is 11.2 Å². The zero-order valence-corrected chi connectivity index (χ0v) is 12.5. The summed E-state index contributed by atoms with van der Waals surface area (Å²) in [7, 11) is 0. The average molecular weight is 269 g/mol. The number of nitrogens with one attached hydrogen (secondary N) is 1. The Morgan fingerprint density at radius 1 is 1.50 bits per heavy atom. The zero-order chi connectivity index (χ0) is 13.6. The smallest absolute Gasteiger partial charge is 0.407 e. The SMILES string of the molecule is CC(CCCc1cccs1)NC(=O)OC(C)(C)C. The van der Waals surface area contributed by atoms with Crippen LogP contribution < -0.4 is 5.32 Å². The molecule has 0 fully saturated rings. The molecule has 0 aliphatic heterocycles. The molecule has 18 heavy (non-hydrogen) atoms. The first kappa shape index (κ1) is 15.0. The molecule has 0 saturated heterocycles. The molecule has 1 rings (SSSR count). The first-order valence-corrected chi connectivity index (χ1v) is 7.27. The van der Waals surface area contributed by atoms with Gasteiger partial charge in [0.05, 0.1) is 0 Å². The Morgan fingerprint density at radius 3 is 2.78 bits per heavy atom. The van der Waals surface area contributed by atoms with E-state index in [1.807, 2.05) is 27.7 Å². The van der Waals surface area contributed by atoms with Crippen molar-refractivity contribution in [3.63, 3.8) is 0 Å². The van der Waals surface area contributed by atoms with Crippen molar-refractivity contribution in [2.75, 3.05) is 0 Å². The summed E-state index contributed by atoms with van der Waals surface area (Å²) in [6.45, 7) is 7.62. The van der Waals surface area contributed by atoms with Gasteiger partial charge in [-0.05, 0) is 58.4 Å². The molecule has 0 aliphatic rings. The first-order valence-electron chi connectivity index (χ1n) is 6.39. The van der Waals surface area contributed by atoms with Gasteiger partial charge in [-0.1, -0.05) is 6.07 Å². The van der Waals surface area contributed by atoms with E-state index >= 15 is 0 Å². The Morgan fingerprint density at radius 2 is 2.22 bits per heavy atom. The third kappa shape index (κ3) is 6.64. The molecule has 1 aromatic rings. The maximum absolute atomic E-state index is 11.5. The van der Waals surface area contributed by atoms with Crippen LogP contribution in [0.15, 0.2) is 17.5 Å². The summed E-state index contributed by atoms with van der Waals surface area (Å²) in [5.41, 5.74) is -0.430. The number of hydrogen-bond donors (Lipinski definition) is 1. The molecule has 1 unspecified atom stereocenters. The van der Waals surface area contributed by atoms with Crippen LogP contribution in [0.5, 0.6) is 0 Å². The molecule has 0 radical (unpaired) electrons. The van der Waals surface area contributed by atoms with Gasteiger partial charge in [-0.2, -0.15) is 0 Å². The van der Waals surface area contributed by atoms with Crippen molar-refractivity contribution in [3.05, 3.63) is 22.4 Å². The third-order valence-electron chi connectivity index (χ3n) is 2.40. The van der Waals surface area contributed by atoms with Crippen molar-refractivity contribution < 1.29 is 9.53 Å². The van der Waals surface area contributed by atoms with E-state index in [-0.39, 0.29) is 12.1 Å². The van der Waals surface area contributed by atoms with Gasteiger partial charge in [0.15, 0.2) is 0 Å². The van der Waals surface area contributed by atoms with Crippen molar-refractivity contribution in [2.24, 2.45) is 0 Å². The number of carbonyl (C=O) groups excluding carboxylic acids is 1. The number of aryl methyl sites for hydroxylation is 1. The van der Waals surface area contributed by atoms with Crippen LogP contribution in [-0.4, -0.2) is 17.7 Å². The second kappa shape index (κ2) is 6.78. The van der Waals surface area contributed by atoms with E-state index in [4.69, 9.17) is 4.74 Å². The lowest BCUT2D eigenvalue weighted by Crippen LogP contribution is -2.37. The van der Waals surface area contributed by atoms with Crippen LogP contribution >= 0.6 is 11.3 Å². The maximum atomic E-state index is 11.5. The minimum Gasteiger partial charge on any atom is -0.444 e. The molecule has 0 bridgehead atoms. The van der Waals surface area contributed by atoms with Gasteiger partial charge in [0.1, 0.15) is 5.60 Å². The Labute approximate surface area is 114 Å². The highest BCUT2D eigenvalue weighted by Crippen LogP contribution is 2.13. The molecule has 102 valence electrons. The molecule has 1 amide bonds. The van der Waals surface area contributed by atoms with Crippen molar-refractivity contribution in [2.45, 2.75) is 58.6 Å². The van der Waals surface area contributed by atoms with Crippen LogP contribution in [0.4, 0.5) is 4.79 Å². The van der Waals surface area contributed by atoms with Crippen molar-refractivity contribution in [1.29, 1.82) is 0 Å². The normalized spacial score (nSPS) is 13.1. The highest BCUT2D eigenvalue weighted by molar-refractivity contribution is 7.09. The summed E-state index contributed by atoms with van der Waals surface area (Å²) in [5, 5.41) is 4.95. The largest absolute Gasteiger partial charge is 0.444 e. The fourth-order valence-electron chi connectivity index (χ4n) is 1.62. The highest BCUT2D eigenvalue weighted by atomic mass is 32.1. The zero-order valence-electron chi connectivity index (χ0n) is 11.7. The predicted molar refractivity (Wildman–Crippen MR) is 76.1 cm³/mol. The van der Waals surface area contributed by atoms with E-state index in [9.17, 15) is 4.79 Å². The van der Waals surface area contributed by atoms with E-state index in [1.165, 1.54) is 4.88 Å². The van der Waals surface area contributed by atoms with E-state index in [0.29, 0.717) is 0 Å². The summed E-state index contributed by atoms with van der Waals surface area (Å²) >= 11 is 1.78. The molecule has 1 N–H and O–H groups in total. The number of rotatable bonds is 5. The van der Waals surface area contributed by atoms with Gasteiger partial charge in [-0.15, -0.1) is 11.3 Å². The number of thiophene rings is 1. The van der Waals surface area contributed by atoms with Gasteiger partial charge in [-0.3, -0.25) is 0 Å². The lowest BCUT2D eigenvalue weighted by atomic mass is 10.1. The van der Waals surface area contributed by atoms with Gasteiger partial charge < -0.3 is 10.1 Å². The first-order chi connectivity index (χ1) is 8.37. The van der Waals surface area contributed by atoms with E-state index in [2.05, 4.69) is 22.8 Å². The summed E-state index contributed by atoms with van der Waals surface area (Å²) in [6, 6.07) is 4.37. The third-order valence-corrected chi connectivity index (χ3v) is 3.34. The minimum absolute atomic E-state index is 0.153. The summed E-state index contributed by atoms with van der Waals surface area (Å²) < 4.78 is 5.21. The van der Waals surface area contributed by atoms with Gasteiger partial charge in [0.25, 0.3) is 0 Å². The fraction of sp³-hybridized carbons (Fsp3) is 0.643. The van der Waals surface area contributed by atoms with Crippen LogP contribution in [0.25, 0.3) is 0 Å². The summed E-state index contributed by atoms with van der Waals surface area (Å²) in [4.78, 5) is 12.9. The van der Waals surface area contributed by atoms with Gasteiger partial charge in [0, 0.05) is 10.9 Å². The van der Waals surface area contributed by atoms with E-state index < -0.39 is 5.60 Å². The van der Waals surface area contributed by atoms with Gasteiger partial charge in [-0.25, -0.2) is 4.79 Å². The number of carbonyl (C=O) groups is 1. The summed E-state index contributed by atoms with van der Waals surface area (Å²) in [6.07, 6.45) is 2.80. The van der Waals surface area contributed by atoms with Gasteiger partial charge in [0.2, 0.25) is 0 Å². The number of amides is 1. The number of ether oxygens (including phenoxy) is 1. The standard InChI is InChI=1S/C14H23NO2S/c1-11(15-13(16)17-14(2,3)4)7-5-8-12-9-6-10-18-12/h6,9-11H,5,7-8H2,1-4H3,(H,15,16). The number of hydrogen-bond acceptors (Lipinski definition) is 3. The molecule has 1 atom stereocenters. The predicted octanol–water partition coefficient (Wildman–Crippen LogP) is 3.98. The van der Waals surface area contributed by atoms with Gasteiger partial charge >= 0.3 is 6.09 Å². The molecular formula is C14H23NO2S.